The van der Waals surface area contributed by atoms with Crippen LogP contribution < -0.4 is 4.74 Å². The summed E-state index contributed by atoms with van der Waals surface area (Å²) in [6, 6.07) is 1.94. The maximum atomic E-state index is 12.3. The molecular weight excluding hydrogens is 294 g/mol. The Labute approximate surface area is 123 Å². The SMILES string of the molecule is CC(=O)N1CC2(C1)[C@H](COc1ncccn1)CCS2(=O)=O. The Hall–Kier alpha value is -1.70. The third-order valence-corrected chi connectivity index (χ3v) is 7.02. The van der Waals surface area contributed by atoms with Crippen LogP contribution in [-0.2, 0) is 14.6 Å². The molecule has 0 bridgehead atoms. The molecule has 2 aliphatic heterocycles. The first-order valence-corrected chi connectivity index (χ1v) is 8.47. The Kier molecular flexibility index (Phi) is 3.35. The maximum absolute atomic E-state index is 12.3. The molecule has 0 aliphatic carbocycles. The fraction of sp³-hybridized carbons (Fsp3) is 0.615. The van der Waals surface area contributed by atoms with Crippen molar-refractivity contribution in [2.45, 2.75) is 18.1 Å². The summed E-state index contributed by atoms with van der Waals surface area (Å²) in [7, 11) is -3.18. The highest BCUT2D eigenvalue weighted by atomic mass is 32.2. The van der Waals surface area contributed by atoms with Crippen molar-refractivity contribution in [3.05, 3.63) is 18.5 Å². The van der Waals surface area contributed by atoms with Crippen molar-refractivity contribution in [1.29, 1.82) is 0 Å². The molecule has 1 spiro atoms. The van der Waals surface area contributed by atoms with Crippen molar-refractivity contribution in [3.63, 3.8) is 0 Å². The zero-order chi connectivity index (χ0) is 15.1. The third-order valence-electron chi connectivity index (χ3n) is 4.42. The number of aromatic nitrogens is 2. The molecule has 21 heavy (non-hydrogen) atoms. The van der Waals surface area contributed by atoms with E-state index in [9.17, 15) is 13.2 Å². The summed E-state index contributed by atoms with van der Waals surface area (Å²) in [5.41, 5.74) is 0. The topological polar surface area (TPSA) is 89.5 Å². The van der Waals surface area contributed by atoms with Crippen LogP contribution in [0, 0.1) is 5.92 Å². The number of rotatable bonds is 3. The van der Waals surface area contributed by atoms with E-state index >= 15 is 0 Å². The van der Waals surface area contributed by atoms with Gasteiger partial charge in [0, 0.05) is 38.3 Å². The van der Waals surface area contributed by atoms with Crippen molar-refractivity contribution >= 4 is 15.7 Å². The number of hydrogen-bond acceptors (Lipinski definition) is 6. The lowest BCUT2D eigenvalue weighted by Gasteiger charge is -2.49. The van der Waals surface area contributed by atoms with E-state index in [4.69, 9.17) is 4.74 Å². The average molecular weight is 311 g/mol. The third kappa shape index (κ3) is 2.27. The van der Waals surface area contributed by atoms with E-state index in [1.54, 1.807) is 23.4 Å². The highest BCUT2D eigenvalue weighted by molar-refractivity contribution is 7.93. The van der Waals surface area contributed by atoms with Crippen LogP contribution in [0.2, 0.25) is 0 Å². The number of carbonyl (C=O) groups excluding carboxylic acids is 1. The lowest BCUT2D eigenvalue weighted by Crippen LogP contribution is -2.68. The molecule has 0 unspecified atom stereocenters. The van der Waals surface area contributed by atoms with Gasteiger partial charge in [0.25, 0.3) is 0 Å². The number of nitrogens with zero attached hydrogens (tertiary/aromatic N) is 3. The van der Waals surface area contributed by atoms with Gasteiger partial charge in [-0.1, -0.05) is 0 Å². The summed E-state index contributed by atoms with van der Waals surface area (Å²) in [4.78, 5) is 20.8. The van der Waals surface area contributed by atoms with Gasteiger partial charge in [-0.15, -0.1) is 0 Å². The molecule has 2 aliphatic rings. The Morgan fingerprint density at radius 3 is 2.71 bits per heavy atom. The number of likely N-dealkylation sites (tertiary alicyclic amines) is 1. The normalized spacial score (nSPS) is 25.6. The van der Waals surface area contributed by atoms with Crippen molar-refractivity contribution in [1.82, 2.24) is 14.9 Å². The second-order valence-electron chi connectivity index (χ2n) is 5.59. The van der Waals surface area contributed by atoms with E-state index in [2.05, 4.69) is 9.97 Å². The molecule has 8 heteroatoms. The van der Waals surface area contributed by atoms with Crippen molar-refractivity contribution < 1.29 is 17.9 Å². The van der Waals surface area contributed by atoms with Crippen LogP contribution in [0.25, 0.3) is 0 Å². The number of hydrogen-bond donors (Lipinski definition) is 0. The molecule has 0 N–H and O–H groups in total. The fourth-order valence-electron chi connectivity index (χ4n) is 3.07. The monoisotopic (exact) mass is 311 g/mol. The Morgan fingerprint density at radius 2 is 2.10 bits per heavy atom. The molecule has 2 saturated heterocycles. The summed E-state index contributed by atoms with van der Waals surface area (Å²) < 4.78 is 29.3. The van der Waals surface area contributed by atoms with Gasteiger partial charge < -0.3 is 9.64 Å². The van der Waals surface area contributed by atoms with Gasteiger partial charge in [0.2, 0.25) is 5.91 Å². The lowest BCUT2D eigenvalue weighted by atomic mass is 9.83. The summed E-state index contributed by atoms with van der Waals surface area (Å²) >= 11 is 0. The van der Waals surface area contributed by atoms with Gasteiger partial charge in [-0.25, -0.2) is 18.4 Å². The van der Waals surface area contributed by atoms with Crippen molar-refractivity contribution in [2.24, 2.45) is 5.92 Å². The van der Waals surface area contributed by atoms with Gasteiger partial charge in [-0.2, -0.15) is 0 Å². The molecule has 3 heterocycles. The van der Waals surface area contributed by atoms with E-state index in [0.29, 0.717) is 6.42 Å². The predicted octanol–water partition coefficient (Wildman–Crippen LogP) is -0.109. The van der Waals surface area contributed by atoms with Crippen LogP contribution in [0.5, 0.6) is 6.01 Å². The smallest absolute Gasteiger partial charge is 0.316 e. The quantitative estimate of drug-likeness (QED) is 0.774. The number of carbonyl (C=O) groups is 1. The molecule has 3 rings (SSSR count). The van der Waals surface area contributed by atoms with Gasteiger partial charge in [-0.05, 0) is 12.5 Å². The Bertz CT molecular complexity index is 641. The van der Waals surface area contributed by atoms with Crippen LogP contribution in [0.4, 0.5) is 0 Å². The second kappa shape index (κ2) is 4.94. The summed E-state index contributed by atoms with van der Waals surface area (Å²) in [5.74, 6) is -0.0571. The molecule has 1 atom stereocenters. The summed E-state index contributed by atoms with van der Waals surface area (Å²) in [6.45, 7) is 2.26. The average Bonchev–Trinajstić information content (AvgIpc) is 2.66. The van der Waals surface area contributed by atoms with E-state index in [1.807, 2.05) is 0 Å². The molecule has 0 radical (unpaired) electrons. The molecule has 0 aromatic carbocycles. The van der Waals surface area contributed by atoms with Gasteiger partial charge >= 0.3 is 6.01 Å². The van der Waals surface area contributed by atoms with Gasteiger partial charge in [0.1, 0.15) is 4.75 Å². The highest BCUT2D eigenvalue weighted by Crippen LogP contribution is 2.44. The van der Waals surface area contributed by atoms with Crippen molar-refractivity contribution in [2.75, 3.05) is 25.4 Å². The Morgan fingerprint density at radius 1 is 1.43 bits per heavy atom. The molecule has 1 aromatic heterocycles. The fourth-order valence-corrected chi connectivity index (χ4v) is 5.47. The standard InChI is InChI=1S/C13H17N3O4S/c1-10(17)16-8-13(9-16)11(3-6-21(13,18)19)7-20-12-14-4-2-5-15-12/h2,4-5,11H,3,6-9H2,1H3/t11-/m0/s1. The van der Waals surface area contributed by atoms with Crippen LogP contribution in [-0.4, -0.2) is 59.4 Å². The van der Waals surface area contributed by atoms with E-state index in [-0.39, 0.29) is 43.3 Å². The van der Waals surface area contributed by atoms with Crippen LogP contribution in [0.3, 0.4) is 0 Å². The summed E-state index contributed by atoms with van der Waals surface area (Å²) in [5, 5.41) is 0. The van der Waals surface area contributed by atoms with Gasteiger partial charge in [0.05, 0.1) is 12.4 Å². The van der Waals surface area contributed by atoms with E-state index < -0.39 is 14.6 Å². The number of amides is 1. The zero-order valence-corrected chi connectivity index (χ0v) is 12.5. The molecule has 2 fully saturated rings. The second-order valence-corrected chi connectivity index (χ2v) is 8.04. The summed E-state index contributed by atoms with van der Waals surface area (Å²) in [6.07, 6.45) is 3.70. The first kappa shape index (κ1) is 14.2. The predicted molar refractivity (Wildman–Crippen MR) is 74.4 cm³/mol. The van der Waals surface area contributed by atoms with Crippen molar-refractivity contribution in [3.8, 4) is 6.01 Å². The van der Waals surface area contributed by atoms with E-state index in [0.717, 1.165) is 0 Å². The van der Waals surface area contributed by atoms with Gasteiger partial charge in [-0.3, -0.25) is 4.79 Å². The van der Waals surface area contributed by atoms with E-state index in [1.165, 1.54) is 6.92 Å². The first-order chi connectivity index (χ1) is 9.95. The minimum Gasteiger partial charge on any atom is -0.463 e. The molecular formula is C13H17N3O4S. The van der Waals surface area contributed by atoms with Gasteiger partial charge in [0.15, 0.2) is 9.84 Å². The highest BCUT2D eigenvalue weighted by Gasteiger charge is 2.62. The molecule has 114 valence electrons. The molecule has 1 aromatic rings. The maximum Gasteiger partial charge on any atom is 0.316 e. The molecule has 7 nitrogen and oxygen atoms in total. The lowest BCUT2D eigenvalue weighted by molar-refractivity contribution is -0.135. The first-order valence-electron chi connectivity index (χ1n) is 6.82. The van der Waals surface area contributed by atoms with Crippen LogP contribution in [0.15, 0.2) is 18.5 Å². The van der Waals surface area contributed by atoms with Crippen LogP contribution in [0.1, 0.15) is 13.3 Å². The van der Waals surface area contributed by atoms with Crippen LogP contribution >= 0.6 is 0 Å². The molecule has 0 saturated carbocycles. The number of sulfone groups is 1. The largest absolute Gasteiger partial charge is 0.463 e. The minimum absolute atomic E-state index is 0.0891. The minimum atomic E-state index is -3.18. The molecule has 1 amide bonds. The number of ether oxygens (including phenoxy) is 1. The Balaban J connectivity index is 1.72. The zero-order valence-electron chi connectivity index (χ0n) is 11.7.